The van der Waals surface area contributed by atoms with Crippen LogP contribution in [-0.4, -0.2) is 26.5 Å². The summed E-state index contributed by atoms with van der Waals surface area (Å²) in [6, 6.07) is 12.5. The van der Waals surface area contributed by atoms with Crippen molar-refractivity contribution in [1.82, 2.24) is 0 Å². The van der Waals surface area contributed by atoms with E-state index in [1.807, 2.05) is 31.2 Å². The third-order valence-electron chi connectivity index (χ3n) is 4.41. The minimum atomic E-state index is 0.593. The maximum Gasteiger partial charge on any atom is 0.125 e. The second kappa shape index (κ2) is 11.9. The topological polar surface area (TPSA) is 40.0 Å². The SMILES string of the molecule is C/C=C/COc1cc(C)c(OCCCCc2ccc(/C=N/OC)cc2)c(C)c1. The minimum absolute atomic E-state index is 0.593. The molecular weight excluding hydrogens is 350 g/mol. The van der Waals surface area contributed by atoms with Crippen LogP contribution >= 0.6 is 0 Å². The van der Waals surface area contributed by atoms with Gasteiger partial charge in [-0.2, -0.15) is 0 Å². The molecule has 0 radical (unpaired) electrons. The monoisotopic (exact) mass is 381 g/mol. The molecule has 0 unspecified atom stereocenters. The molecular formula is C24H31NO3. The molecule has 0 saturated heterocycles. The van der Waals surface area contributed by atoms with E-state index >= 15 is 0 Å². The second-order valence-electron chi connectivity index (χ2n) is 6.73. The highest BCUT2D eigenvalue weighted by Crippen LogP contribution is 2.28. The van der Waals surface area contributed by atoms with Crippen LogP contribution in [0.25, 0.3) is 0 Å². The molecule has 2 aromatic carbocycles. The zero-order valence-corrected chi connectivity index (χ0v) is 17.4. The molecule has 0 fully saturated rings. The van der Waals surface area contributed by atoms with Gasteiger partial charge in [-0.05, 0) is 74.4 Å². The molecule has 0 spiro atoms. The van der Waals surface area contributed by atoms with E-state index < -0.39 is 0 Å². The van der Waals surface area contributed by atoms with Crippen molar-refractivity contribution >= 4 is 6.21 Å². The van der Waals surface area contributed by atoms with Crippen LogP contribution in [-0.2, 0) is 11.3 Å². The van der Waals surface area contributed by atoms with E-state index in [1.165, 1.54) is 5.56 Å². The van der Waals surface area contributed by atoms with E-state index in [9.17, 15) is 0 Å². The first-order chi connectivity index (χ1) is 13.6. The van der Waals surface area contributed by atoms with Gasteiger partial charge in [-0.1, -0.05) is 41.6 Å². The molecule has 4 heteroatoms. The Balaban J connectivity index is 1.76. The molecule has 0 atom stereocenters. The van der Waals surface area contributed by atoms with Crippen molar-refractivity contribution in [2.75, 3.05) is 20.3 Å². The highest BCUT2D eigenvalue weighted by Gasteiger charge is 2.07. The number of oxime groups is 1. The predicted octanol–water partition coefficient (Wildman–Crippen LogP) is 5.64. The third-order valence-corrected chi connectivity index (χ3v) is 4.41. The van der Waals surface area contributed by atoms with E-state index in [-0.39, 0.29) is 0 Å². The van der Waals surface area contributed by atoms with Gasteiger partial charge in [-0.25, -0.2) is 0 Å². The summed E-state index contributed by atoms with van der Waals surface area (Å²) in [5, 5.41) is 3.77. The Bertz CT molecular complexity index is 756. The van der Waals surface area contributed by atoms with Gasteiger partial charge in [-0.15, -0.1) is 0 Å². The normalized spacial score (nSPS) is 11.3. The van der Waals surface area contributed by atoms with Gasteiger partial charge in [0.25, 0.3) is 0 Å². The van der Waals surface area contributed by atoms with Crippen LogP contribution in [0, 0.1) is 13.8 Å². The second-order valence-corrected chi connectivity index (χ2v) is 6.73. The molecule has 150 valence electrons. The lowest BCUT2D eigenvalue weighted by Gasteiger charge is -2.14. The average Bonchev–Trinajstić information content (AvgIpc) is 2.69. The fourth-order valence-electron chi connectivity index (χ4n) is 2.95. The smallest absolute Gasteiger partial charge is 0.125 e. The van der Waals surface area contributed by atoms with Crippen LogP contribution < -0.4 is 9.47 Å². The van der Waals surface area contributed by atoms with E-state index in [1.54, 1.807) is 13.3 Å². The molecule has 0 saturated carbocycles. The Labute approximate surface area is 168 Å². The molecule has 0 aliphatic rings. The number of unbranched alkanes of at least 4 members (excludes halogenated alkanes) is 1. The number of rotatable bonds is 11. The number of hydrogen-bond acceptors (Lipinski definition) is 4. The average molecular weight is 382 g/mol. The quantitative estimate of drug-likeness (QED) is 0.219. The Hall–Kier alpha value is -2.75. The molecule has 0 bridgehead atoms. The zero-order valence-electron chi connectivity index (χ0n) is 17.4. The summed E-state index contributed by atoms with van der Waals surface area (Å²) in [5.41, 5.74) is 4.59. The van der Waals surface area contributed by atoms with Crippen molar-refractivity contribution in [3.8, 4) is 11.5 Å². The van der Waals surface area contributed by atoms with E-state index in [0.717, 1.165) is 54.1 Å². The molecule has 0 N–H and O–H groups in total. The van der Waals surface area contributed by atoms with Gasteiger partial charge in [-0.3, -0.25) is 0 Å². The number of benzene rings is 2. The standard InChI is InChI=1S/C24H31NO3/c1-5-6-14-27-23-16-19(2)24(20(3)17-23)28-15-8-7-9-21-10-12-22(13-11-21)18-25-26-4/h5-6,10-13,16-18H,7-9,14-15H2,1-4H3/b6-5+,25-18+. The number of aryl methyl sites for hydroxylation is 3. The first-order valence-corrected chi connectivity index (χ1v) is 9.77. The summed E-state index contributed by atoms with van der Waals surface area (Å²) < 4.78 is 11.8. The number of ether oxygens (including phenoxy) is 2. The van der Waals surface area contributed by atoms with Gasteiger partial charge in [0.2, 0.25) is 0 Å². The summed E-state index contributed by atoms with van der Waals surface area (Å²) >= 11 is 0. The van der Waals surface area contributed by atoms with Crippen LogP contribution in [0.4, 0.5) is 0 Å². The first-order valence-electron chi connectivity index (χ1n) is 9.77. The lowest BCUT2D eigenvalue weighted by molar-refractivity contribution is 0.215. The molecule has 0 aromatic heterocycles. The van der Waals surface area contributed by atoms with Crippen LogP contribution in [0.2, 0.25) is 0 Å². The van der Waals surface area contributed by atoms with Crippen LogP contribution in [0.3, 0.4) is 0 Å². The summed E-state index contributed by atoms with van der Waals surface area (Å²) in [6.45, 7) is 7.44. The lowest BCUT2D eigenvalue weighted by Crippen LogP contribution is -2.02. The van der Waals surface area contributed by atoms with E-state index in [4.69, 9.17) is 14.3 Å². The zero-order chi connectivity index (χ0) is 20.2. The van der Waals surface area contributed by atoms with Gasteiger partial charge in [0, 0.05) is 0 Å². The highest BCUT2D eigenvalue weighted by atomic mass is 16.6. The summed E-state index contributed by atoms with van der Waals surface area (Å²) in [5.74, 6) is 1.86. The number of hydrogen-bond donors (Lipinski definition) is 0. The largest absolute Gasteiger partial charge is 0.493 e. The summed E-state index contributed by atoms with van der Waals surface area (Å²) in [7, 11) is 1.54. The number of nitrogens with zero attached hydrogens (tertiary/aromatic N) is 1. The van der Waals surface area contributed by atoms with Crippen molar-refractivity contribution in [1.29, 1.82) is 0 Å². The van der Waals surface area contributed by atoms with Crippen LogP contribution in [0.1, 0.15) is 42.0 Å². The van der Waals surface area contributed by atoms with Crippen LogP contribution in [0.15, 0.2) is 53.7 Å². The van der Waals surface area contributed by atoms with Gasteiger partial charge >= 0.3 is 0 Å². The van der Waals surface area contributed by atoms with Gasteiger partial charge < -0.3 is 14.3 Å². The molecule has 0 heterocycles. The molecule has 0 aliphatic heterocycles. The van der Waals surface area contributed by atoms with Gasteiger partial charge in [0.15, 0.2) is 0 Å². The predicted molar refractivity (Wildman–Crippen MR) is 116 cm³/mol. The minimum Gasteiger partial charge on any atom is -0.493 e. The van der Waals surface area contributed by atoms with Crippen molar-refractivity contribution in [3.63, 3.8) is 0 Å². The number of allylic oxidation sites excluding steroid dienone is 1. The summed E-state index contributed by atoms with van der Waals surface area (Å²) in [4.78, 5) is 4.70. The maximum absolute atomic E-state index is 6.05. The van der Waals surface area contributed by atoms with Crippen molar-refractivity contribution in [2.24, 2.45) is 5.16 Å². The van der Waals surface area contributed by atoms with Gasteiger partial charge in [0.1, 0.15) is 25.2 Å². The molecule has 28 heavy (non-hydrogen) atoms. The lowest BCUT2D eigenvalue weighted by atomic mass is 10.1. The van der Waals surface area contributed by atoms with E-state index in [0.29, 0.717) is 6.61 Å². The molecule has 4 nitrogen and oxygen atoms in total. The van der Waals surface area contributed by atoms with E-state index in [2.05, 4.69) is 43.3 Å². The molecule has 0 aliphatic carbocycles. The Morgan fingerprint density at radius 3 is 2.32 bits per heavy atom. The fourth-order valence-corrected chi connectivity index (χ4v) is 2.95. The Morgan fingerprint density at radius 1 is 0.964 bits per heavy atom. The maximum atomic E-state index is 6.05. The third kappa shape index (κ3) is 7.10. The molecule has 2 aromatic rings. The van der Waals surface area contributed by atoms with Crippen molar-refractivity contribution in [2.45, 2.75) is 40.0 Å². The molecule has 2 rings (SSSR count). The highest BCUT2D eigenvalue weighted by molar-refractivity contribution is 5.79. The van der Waals surface area contributed by atoms with Crippen LogP contribution in [0.5, 0.6) is 11.5 Å². The van der Waals surface area contributed by atoms with Crippen molar-refractivity contribution in [3.05, 3.63) is 70.8 Å². The molecule has 0 amide bonds. The first kappa shape index (κ1) is 21.5. The summed E-state index contributed by atoms with van der Waals surface area (Å²) in [6.07, 6.45) is 8.84. The Morgan fingerprint density at radius 2 is 1.68 bits per heavy atom. The van der Waals surface area contributed by atoms with Gasteiger partial charge in [0.05, 0.1) is 12.8 Å². The fraction of sp³-hybridized carbons (Fsp3) is 0.375. The van der Waals surface area contributed by atoms with Crippen molar-refractivity contribution < 1.29 is 14.3 Å². The Kier molecular flexibility index (Phi) is 9.13.